The molecular formula is C44H26N6O+2. The molecule has 1 spiro atoms. The van der Waals surface area contributed by atoms with Gasteiger partial charge in [0, 0.05) is 33.3 Å². The Morgan fingerprint density at radius 2 is 1.37 bits per heavy atom. The second-order valence-corrected chi connectivity index (χ2v) is 13.7. The number of para-hydroxylation sites is 3. The summed E-state index contributed by atoms with van der Waals surface area (Å²) in [7, 11) is 0. The van der Waals surface area contributed by atoms with E-state index in [1.165, 1.54) is 38.1 Å². The topological polar surface area (TPSA) is 44.7 Å². The zero-order chi connectivity index (χ0) is 33.0. The van der Waals surface area contributed by atoms with Gasteiger partial charge >= 0.3 is 5.66 Å². The Balaban J connectivity index is 1.13. The molecule has 7 heteroatoms. The number of benzene rings is 5. The van der Waals surface area contributed by atoms with Crippen molar-refractivity contribution in [2.24, 2.45) is 0 Å². The molecule has 0 bridgehead atoms. The maximum absolute atomic E-state index is 6.82. The minimum Gasteiger partial charge on any atom is -0.456 e. The smallest absolute Gasteiger partial charge is 0.397 e. The SMILES string of the molecule is c1ccc(-n2c3ccccc3c3cc(-c4cn5[n+](c4)C46c7c(cccc7-5)Oc5ccc7c8ccccc8n(c7c54)-c4cccc[n+]46)ncc32)cc1. The molecule has 236 valence electrons. The Hall–Kier alpha value is -6.99. The van der Waals surface area contributed by atoms with Gasteiger partial charge in [-0.2, -0.15) is 9.13 Å². The Kier molecular flexibility index (Phi) is 4.46. The van der Waals surface area contributed by atoms with Crippen LogP contribution in [0.4, 0.5) is 0 Å². The monoisotopic (exact) mass is 654 g/mol. The minimum absolute atomic E-state index is 0.730. The van der Waals surface area contributed by atoms with Gasteiger partial charge in [-0.25, -0.2) is 0 Å². The van der Waals surface area contributed by atoms with Crippen molar-refractivity contribution < 1.29 is 14.0 Å². The summed E-state index contributed by atoms with van der Waals surface area (Å²) < 4.78 is 18.7. The standard InChI is InChI=1S/C44H26N6O/c1-2-11-28(12-3-1)49-34-15-6-5-14-30(34)32-23-33(45-24-37(32)49)27-25-47-36-17-10-18-38-41(36)44(48(47)26-27)42-39(51-38)21-20-31-29-13-4-7-16-35(29)50(43(31)42)40-19-8-9-22-46(40)44/h1-26H/q+2. The van der Waals surface area contributed by atoms with Gasteiger partial charge in [0.1, 0.15) is 28.3 Å². The van der Waals surface area contributed by atoms with E-state index >= 15 is 0 Å². The van der Waals surface area contributed by atoms with Crippen molar-refractivity contribution in [3.05, 3.63) is 169 Å². The summed E-state index contributed by atoms with van der Waals surface area (Å²) >= 11 is 0. The summed E-state index contributed by atoms with van der Waals surface area (Å²) in [5.41, 5.74) is 10.4. The second-order valence-electron chi connectivity index (χ2n) is 13.7. The van der Waals surface area contributed by atoms with Crippen LogP contribution in [0, 0.1) is 0 Å². The van der Waals surface area contributed by atoms with Crippen molar-refractivity contribution in [2.45, 2.75) is 5.66 Å². The summed E-state index contributed by atoms with van der Waals surface area (Å²) in [6, 6.07) is 47.4. The Morgan fingerprint density at radius 3 is 2.25 bits per heavy atom. The van der Waals surface area contributed by atoms with Crippen LogP contribution in [-0.4, -0.2) is 18.8 Å². The van der Waals surface area contributed by atoms with Crippen LogP contribution in [0.2, 0.25) is 0 Å². The van der Waals surface area contributed by atoms with E-state index in [9.17, 15) is 0 Å². The lowest BCUT2D eigenvalue weighted by Gasteiger charge is -2.32. The third-order valence-corrected chi connectivity index (χ3v) is 11.3. The van der Waals surface area contributed by atoms with Crippen LogP contribution in [0.15, 0.2) is 158 Å². The first-order valence-corrected chi connectivity index (χ1v) is 17.3. The lowest BCUT2D eigenvalue weighted by Crippen LogP contribution is -2.76. The number of rotatable bonds is 2. The van der Waals surface area contributed by atoms with Gasteiger partial charge in [0.25, 0.3) is 5.82 Å². The Bertz CT molecular complexity index is 3190. The number of hydrogen-bond acceptors (Lipinski definition) is 2. The molecule has 3 aliphatic rings. The summed E-state index contributed by atoms with van der Waals surface area (Å²) in [5, 5.41) is 4.83. The van der Waals surface area contributed by atoms with Gasteiger partial charge in [0.2, 0.25) is 6.20 Å². The van der Waals surface area contributed by atoms with Crippen molar-refractivity contribution >= 4 is 43.6 Å². The molecule has 7 nitrogen and oxygen atoms in total. The van der Waals surface area contributed by atoms with Crippen molar-refractivity contribution in [1.82, 2.24) is 18.8 Å². The predicted octanol–water partition coefficient (Wildman–Crippen LogP) is 8.34. The fourth-order valence-electron chi connectivity index (χ4n) is 9.43. The van der Waals surface area contributed by atoms with E-state index in [1.807, 2.05) is 6.20 Å². The number of pyridine rings is 2. The molecule has 13 rings (SSSR count). The molecule has 0 radical (unpaired) electrons. The summed E-state index contributed by atoms with van der Waals surface area (Å²) in [5.74, 6) is 2.85. The van der Waals surface area contributed by atoms with Gasteiger partial charge in [-0.3, -0.25) is 4.98 Å². The zero-order valence-electron chi connectivity index (χ0n) is 27.1. The van der Waals surface area contributed by atoms with Crippen LogP contribution in [-0.2, 0) is 5.66 Å². The highest BCUT2D eigenvalue weighted by atomic mass is 16.5. The molecule has 0 fully saturated rings. The van der Waals surface area contributed by atoms with Crippen molar-refractivity contribution in [3.63, 3.8) is 0 Å². The molecule has 3 aliphatic heterocycles. The molecule has 1 unspecified atom stereocenters. The molecule has 0 saturated heterocycles. The molecule has 0 saturated carbocycles. The highest BCUT2D eigenvalue weighted by Gasteiger charge is 2.68. The van der Waals surface area contributed by atoms with E-state index in [0.717, 1.165) is 56.6 Å². The average molecular weight is 655 g/mol. The van der Waals surface area contributed by atoms with E-state index in [4.69, 9.17) is 9.72 Å². The van der Waals surface area contributed by atoms with Crippen LogP contribution in [0.3, 0.4) is 0 Å². The molecule has 51 heavy (non-hydrogen) atoms. The van der Waals surface area contributed by atoms with Gasteiger partial charge in [-0.15, -0.1) is 4.68 Å². The second kappa shape index (κ2) is 8.77. The molecule has 5 aromatic carbocycles. The number of hydrogen-bond donors (Lipinski definition) is 0. The van der Waals surface area contributed by atoms with Gasteiger partial charge in [-0.1, -0.05) is 65.3 Å². The highest BCUT2D eigenvalue weighted by molar-refractivity contribution is 6.12. The first-order chi connectivity index (χ1) is 25.3. The van der Waals surface area contributed by atoms with E-state index in [2.05, 4.69) is 175 Å². The summed E-state index contributed by atoms with van der Waals surface area (Å²) in [6.45, 7) is 0. The van der Waals surface area contributed by atoms with Crippen LogP contribution in [0.25, 0.3) is 72.1 Å². The lowest BCUT2D eigenvalue weighted by atomic mass is 9.84. The zero-order valence-corrected chi connectivity index (χ0v) is 27.1. The normalized spacial score (nSPS) is 16.1. The van der Waals surface area contributed by atoms with Gasteiger partial charge in [-0.05, 0) is 66.7 Å². The predicted molar refractivity (Wildman–Crippen MR) is 196 cm³/mol. The highest BCUT2D eigenvalue weighted by Crippen LogP contribution is 2.55. The molecule has 0 aliphatic carbocycles. The third kappa shape index (κ3) is 2.90. The lowest BCUT2D eigenvalue weighted by molar-refractivity contribution is -0.993. The largest absolute Gasteiger partial charge is 0.456 e. The van der Waals surface area contributed by atoms with Crippen molar-refractivity contribution in [3.8, 4) is 39.9 Å². The average Bonchev–Trinajstić information content (AvgIpc) is 3.93. The quantitative estimate of drug-likeness (QED) is 0.176. The summed E-state index contributed by atoms with van der Waals surface area (Å²) in [4.78, 5) is 5.15. The Morgan fingerprint density at radius 1 is 0.608 bits per heavy atom. The summed E-state index contributed by atoms with van der Waals surface area (Å²) in [6.07, 6.45) is 8.77. The van der Waals surface area contributed by atoms with E-state index in [1.54, 1.807) is 0 Å². The molecule has 10 aromatic rings. The molecular weight excluding hydrogens is 629 g/mol. The Labute approximate surface area is 290 Å². The van der Waals surface area contributed by atoms with Crippen molar-refractivity contribution in [2.75, 3.05) is 0 Å². The number of nitrogens with zero attached hydrogens (tertiary/aromatic N) is 6. The molecule has 0 amide bonds. The van der Waals surface area contributed by atoms with Crippen LogP contribution >= 0.6 is 0 Å². The maximum Gasteiger partial charge on any atom is 0.397 e. The molecule has 8 heterocycles. The van der Waals surface area contributed by atoms with Gasteiger partial charge < -0.3 is 9.30 Å². The van der Waals surface area contributed by atoms with E-state index in [0.29, 0.717) is 0 Å². The molecule has 0 N–H and O–H groups in total. The molecule has 1 atom stereocenters. The van der Waals surface area contributed by atoms with Crippen LogP contribution in [0.1, 0.15) is 11.1 Å². The fraction of sp³-hybridized carbons (Fsp3) is 0.0227. The first kappa shape index (κ1) is 26.0. The number of fused-ring (bicyclic) bond motifs is 10. The van der Waals surface area contributed by atoms with Crippen molar-refractivity contribution in [1.29, 1.82) is 0 Å². The van der Waals surface area contributed by atoms with Crippen LogP contribution < -0.4 is 14.0 Å². The van der Waals surface area contributed by atoms with Gasteiger partial charge in [0.15, 0.2) is 11.1 Å². The number of ether oxygens (including phenoxy) is 1. The fourth-order valence-corrected chi connectivity index (χ4v) is 9.43. The maximum atomic E-state index is 6.82. The molecule has 5 aromatic heterocycles. The minimum atomic E-state index is -0.730. The van der Waals surface area contributed by atoms with Gasteiger partial charge in [0.05, 0.1) is 40.9 Å². The van der Waals surface area contributed by atoms with E-state index in [-0.39, 0.29) is 0 Å². The third-order valence-electron chi connectivity index (χ3n) is 11.3. The first-order valence-electron chi connectivity index (χ1n) is 17.3. The number of aromatic nitrogens is 6. The van der Waals surface area contributed by atoms with E-state index < -0.39 is 5.66 Å². The van der Waals surface area contributed by atoms with Crippen LogP contribution in [0.5, 0.6) is 11.5 Å².